The molecule has 0 aliphatic heterocycles. The fourth-order valence-corrected chi connectivity index (χ4v) is 1.56. The van der Waals surface area contributed by atoms with Crippen LogP contribution in [0, 0.1) is 17.5 Å². The molecule has 0 amide bonds. The Kier molecular flexibility index (Phi) is 3.93. The molecule has 0 saturated heterocycles. The largest absolute Gasteiger partial charge is 0.457 e. The normalized spacial score (nSPS) is 10.3. The van der Waals surface area contributed by atoms with Gasteiger partial charge in [-0.2, -0.15) is 0 Å². The van der Waals surface area contributed by atoms with Crippen LogP contribution in [0.1, 0.15) is 15.9 Å². The molecule has 2 aromatic rings. The van der Waals surface area contributed by atoms with Crippen molar-refractivity contribution in [3.8, 4) is 0 Å². The van der Waals surface area contributed by atoms with Crippen molar-refractivity contribution in [3.63, 3.8) is 0 Å². The number of hydrogen-bond donors (Lipinski definition) is 1. The van der Waals surface area contributed by atoms with E-state index in [4.69, 9.17) is 10.5 Å². The summed E-state index contributed by atoms with van der Waals surface area (Å²) in [5, 5.41) is 0. The summed E-state index contributed by atoms with van der Waals surface area (Å²) >= 11 is 0. The van der Waals surface area contributed by atoms with E-state index in [1.807, 2.05) is 0 Å². The van der Waals surface area contributed by atoms with Crippen molar-refractivity contribution in [1.82, 2.24) is 0 Å². The first-order valence-electron chi connectivity index (χ1n) is 5.63. The maximum absolute atomic E-state index is 13.5. The summed E-state index contributed by atoms with van der Waals surface area (Å²) in [5.74, 6) is -3.35. The van der Waals surface area contributed by atoms with Crippen molar-refractivity contribution in [1.29, 1.82) is 0 Å². The first-order chi connectivity index (χ1) is 9.47. The molecular weight excluding hydrogens is 271 g/mol. The minimum Gasteiger partial charge on any atom is -0.457 e. The second-order valence-corrected chi connectivity index (χ2v) is 4.05. The zero-order chi connectivity index (χ0) is 14.7. The number of ether oxygens (including phenoxy) is 1. The van der Waals surface area contributed by atoms with Gasteiger partial charge in [0.1, 0.15) is 24.1 Å². The van der Waals surface area contributed by atoms with E-state index < -0.39 is 30.0 Å². The summed E-state index contributed by atoms with van der Waals surface area (Å²) in [6, 6.07) is 6.36. The summed E-state index contributed by atoms with van der Waals surface area (Å²) in [5.41, 5.74) is 5.21. The zero-order valence-corrected chi connectivity index (χ0v) is 10.2. The molecule has 0 aliphatic rings. The van der Waals surface area contributed by atoms with E-state index >= 15 is 0 Å². The average Bonchev–Trinajstić information content (AvgIpc) is 2.37. The van der Waals surface area contributed by atoms with Crippen molar-refractivity contribution in [2.45, 2.75) is 6.61 Å². The predicted molar refractivity (Wildman–Crippen MR) is 66.3 cm³/mol. The molecule has 0 heterocycles. The zero-order valence-electron chi connectivity index (χ0n) is 10.2. The van der Waals surface area contributed by atoms with Crippen LogP contribution in [0.5, 0.6) is 0 Å². The van der Waals surface area contributed by atoms with Gasteiger partial charge in [0.2, 0.25) is 0 Å². The Morgan fingerprint density at radius 1 is 1.05 bits per heavy atom. The molecule has 0 aromatic heterocycles. The van der Waals surface area contributed by atoms with Gasteiger partial charge >= 0.3 is 5.97 Å². The lowest BCUT2D eigenvalue weighted by Crippen LogP contribution is -2.09. The van der Waals surface area contributed by atoms with Crippen LogP contribution in [0.3, 0.4) is 0 Å². The number of benzene rings is 2. The lowest BCUT2D eigenvalue weighted by molar-refractivity contribution is 0.0463. The third kappa shape index (κ3) is 3.09. The van der Waals surface area contributed by atoms with Gasteiger partial charge in [0, 0.05) is 17.3 Å². The van der Waals surface area contributed by atoms with Crippen LogP contribution >= 0.6 is 0 Å². The molecular formula is C14H10F3NO2. The molecule has 2 aromatic carbocycles. The first kappa shape index (κ1) is 13.9. The van der Waals surface area contributed by atoms with Gasteiger partial charge in [0.05, 0.1) is 5.56 Å². The number of halogens is 3. The summed E-state index contributed by atoms with van der Waals surface area (Å²) in [4.78, 5) is 11.6. The van der Waals surface area contributed by atoms with Crippen LogP contribution in [0.15, 0.2) is 36.4 Å². The molecule has 0 atom stereocenters. The SMILES string of the molecule is Nc1ccc(C(=O)OCc2ccc(F)cc2F)c(F)c1. The highest BCUT2D eigenvalue weighted by molar-refractivity contribution is 5.90. The number of carbonyl (C=O) groups excluding carboxylic acids is 1. The highest BCUT2D eigenvalue weighted by atomic mass is 19.1. The molecule has 104 valence electrons. The Morgan fingerprint density at radius 2 is 1.80 bits per heavy atom. The van der Waals surface area contributed by atoms with Crippen LogP contribution in [-0.4, -0.2) is 5.97 Å². The molecule has 0 spiro atoms. The van der Waals surface area contributed by atoms with Gasteiger partial charge in [0.15, 0.2) is 0 Å². The maximum atomic E-state index is 13.5. The quantitative estimate of drug-likeness (QED) is 0.695. The van der Waals surface area contributed by atoms with E-state index in [0.717, 1.165) is 18.2 Å². The van der Waals surface area contributed by atoms with Crippen LogP contribution < -0.4 is 5.73 Å². The van der Waals surface area contributed by atoms with Gasteiger partial charge in [-0.3, -0.25) is 0 Å². The predicted octanol–water partition coefficient (Wildman–Crippen LogP) is 3.04. The van der Waals surface area contributed by atoms with E-state index in [2.05, 4.69) is 0 Å². The number of hydrogen-bond acceptors (Lipinski definition) is 3. The average molecular weight is 281 g/mol. The second kappa shape index (κ2) is 5.64. The molecule has 2 N–H and O–H groups in total. The molecule has 3 nitrogen and oxygen atoms in total. The Labute approximate surface area is 112 Å². The Balaban J connectivity index is 2.08. The molecule has 0 aliphatic carbocycles. The smallest absolute Gasteiger partial charge is 0.341 e. The molecule has 2 rings (SSSR count). The summed E-state index contributed by atoms with van der Waals surface area (Å²) < 4.78 is 44.2. The van der Waals surface area contributed by atoms with E-state index in [1.165, 1.54) is 12.1 Å². The monoisotopic (exact) mass is 281 g/mol. The van der Waals surface area contributed by atoms with Gasteiger partial charge < -0.3 is 10.5 Å². The van der Waals surface area contributed by atoms with Crippen LogP contribution in [0.4, 0.5) is 18.9 Å². The van der Waals surface area contributed by atoms with Gasteiger partial charge in [0.25, 0.3) is 0 Å². The van der Waals surface area contributed by atoms with Crippen molar-refractivity contribution in [3.05, 3.63) is 65.0 Å². The highest BCUT2D eigenvalue weighted by Crippen LogP contribution is 2.15. The van der Waals surface area contributed by atoms with E-state index in [0.29, 0.717) is 6.07 Å². The van der Waals surface area contributed by atoms with E-state index in [-0.39, 0.29) is 16.8 Å². The van der Waals surface area contributed by atoms with Gasteiger partial charge in [-0.1, -0.05) is 0 Å². The number of nitrogens with two attached hydrogens (primary N) is 1. The standard InChI is InChI=1S/C14H10F3NO2/c15-9-2-1-8(12(16)5-9)7-20-14(19)11-4-3-10(18)6-13(11)17/h1-6H,7,18H2. The minimum atomic E-state index is -0.953. The Morgan fingerprint density at radius 3 is 2.45 bits per heavy atom. The highest BCUT2D eigenvalue weighted by Gasteiger charge is 2.14. The van der Waals surface area contributed by atoms with E-state index in [9.17, 15) is 18.0 Å². The molecule has 0 fully saturated rings. The Bertz CT molecular complexity index is 659. The lowest BCUT2D eigenvalue weighted by Gasteiger charge is -2.07. The molecule has 0 saturated carbocycles. The van der Waals surface area contributed by atoms with Crippen LogP contribution in [0.25, 0.3) is 0 Å². The van der Waals surface area contributed by atoms with Gasteiger partial charge in [-0.25, -0.2) is 18.0 Å². The van der Waals surface area contributed by atoms with Crippen molar-refractivity contribution >= 4 is 11.7 Å². The first-order valence-corrected chi connectivity index (χ1v) is 5.63. The minimum absolute atomic E-state index is 0.00407. The second-order valence-electron chi connectivity index (χ2n) is 4.05. The lowest BCUT2D eigenvalue weighted by atomic mass is 10.2. The molecule has 0 bridgehead atoms. The van der Waals surface area contributed by atoms with E-state index in [1.54, 1.807) is 0 Å². The number of carbonyl (C=O) groups is 1. The van der Waals surface area contributed by atoms with Crippen molar-refractivity contribution < 1.29 is 22.7 Å². The maximum Gasteiger partial charge on any atom is 0.341 e. The van der Waals surface area contributed by atoms with Gasteiger partial charge in [-0.15, -0.1) is 0 Å². The molecule has 6 heteroatoms. The van der Waals surface area contributed by atoms with Crippen molar-refractivity contribution in [2.75, 3.05) is 5.73 Å². The third-order valence-electron chi connectivity index (χ3n) is 2.59. The molecule has 0 radical (unpaired) electrons. The van der Waals surface area contributed by atoms with Gasteiger partial charge in [-0.05, 0) is 30.3 Å². The summed E-state index contributed by atoms with van der Waals surface area (Å²) in [6.07, 6.45) is 0. The summed E-state index contributed by atoms with van der Waals surface area (Å²) in [6.45, 7) is -0.422. The number of esters is 1. The van der Waals surface area contributed by atoms with Crippen molar-refractivity contribution in [2.24, 2.45) is 0 Å². The molecule has 20 heavy (non-hydrogen) atoms. The molecule has 0 unspecified atom stereocenters. The van der Waals surface area contributed by atoms with Crippen LogP contribution in [-0.2, 0) is 11.3 Å². The van der Waals surface area contributed by atoms with Crippen LogP contribution in [0.2, 0.25) is 0 Å². The fourth-order valence-electron chi connectivity index (χ4n) is 1.56. The number of nitrogen functional groups attached to an aromatic ring is 1. The summed E-state index contributed by atoms with van der Waals surface area (Å²) in [7, 11) is 0. The Hall–Kier alpha value is -2.50. The topological polar surface area (TPSA) is 52.3 Å². The number of anilines is 1. The third-order valence-corrected chi connectivity index (χ3v) is 2.59. The fraction of sp³-hybridized carbons (Fsp3) is 0.0714. The number of rotatable bonds is 3.